The molecule has 104 valence electrons. The summed E-state index contributed by atoms with van der Waals surface area (Å²) in [6, 6.07) is 5.99. The van der Waals surface area contributed by atoms with E-state index in [1.54, 1.807) is 4.90 Å². The quantitative estimate of drug-likeness (QED) is 0.722. The summed E-state index contributed by atoms with van der Waals surface area (Å²) in [7, 11) is 0. The standard InChI is InChI=1S/C15H21NO3/c1-11-6-5-7-12-10-16(8-9-18-13(11)12)14(17)19-15(2,3)4/h5-7H,8-10H2,1-4H3. The molecule has 0 N–H and O–H groups in total. The molecule has 0 bridgehead atoms. The molecule has 0 aromatic heterocycles. The van der Waals surface area contributed by atoms with E-state index in [0.717, 1.165) is 16.9 Å². The molecule has 2 rings (SSSR count). The maximum atomic E-state index is 12.1. The Bertz CT molecular complexity index is 477. The number of carbonyl (C=O) groups excluding carboxylic acids is 1. The van der Waals surface area contributed by atoms with Crippen molar-refractivity contribution < 1.29 is 14.3 Å². The molecule has 1 amide bonds. The highest BCUT2D eigenvalue weighted by Crippen LogP contribution is 2.27. The van der Waals surface area contributed by atoms with Crippen LogP contribution in [-0.4, -0.2) is 29.7 Å². The zero-order valence-electron chi connectivity index (χ0n) is 12.0. The molecule has 1 heterocycles. The van der Waals surface area contributed by atoms with Crippen LogP contribution in [0.2, 0.25) is 0 Å². The first-order chi connectivity index (χ1) is 8.87. The number of ether oxygens (including phenoxy) is 2. The number of hydrogen-bond acceptors (Lipinski definition) is 3. The van der Waals surface area contributed by atoms with Crippen LogP contribution < -0.4 is 4.74 Å². The van der Waals surface area contributed by atoms with Crippen LogP contribution in [0.15, 0.2) is 18.2 Å². The zero-order chi connectivity index (χ0) is 14.0. The fraction of sp³-hybridized carbons (Fsp3) is 0.533. The number of hydrogen-bond donors (Lipinski definition) is 0. The van der Waals surface area contributed by atoms with Gasteiger partial charge >= 0.3 is 6.09 Å². The number of nitrogens with zero attached hydrogens (tertiary/aromatic N) is 1. The van der Waals surface area contributed by atoms with Crippen LogP contribution in [-0.2, 0) is 11.3 Å². The Kier molecular flexibility index (Phi) is 3.69. The third kappa shape index (κ3) is 3.40. The van der Waals surface area contributed by atoms with Crippen molar-refractivity contribution >= 4 is 6.09 Å². The average molecular weight is 263 g/mol. The molecule has 0 spiro atoms. The fourth-order valence-electron chi connectivity index (χ4n) is 2.07. The molecule has 1 aliphatic heterocycles. The van der Waals surface area contributed by atoms with Crippen molar-refractivity contribution in [3.05, 3.63) is 29.3 Å². The molecule has 4 nitrogen and oxygen atoms in total. The number of carbonyl (C=O) groups is 1. The van der Waals surface area contributed by atoms with E-state index in [1.165, 1.54) is 0 Å². The number of benzene rings is 1. The Hall–Kier alpha value is -1.71. The van der Waals surface area contributed by atoms with E-state index in [0.29, 0.717) is 19.7 Å². The van der Waals surface area contributed by atoms with Crippen molar-refractivity contribution in [2.45, 2.75) is 39.8 Å². The molecular formula is C15H21NO3. The first kappa shape index (κ1) is 13.7. The fourth-order valence-corrected chi connectivity index (χ4v) is 2.07. The highest BCUT2D eigenvalue weighted by atomic mass is 16.6. The van der Waals surface area contributed by atoms with E-state index >= 15 is 0 Å². The minimum Gasteiger partial charge on any atom is -0.491 e. The van der Waals surface area contributed by atoms with E-state index in [1.807, 2.05) is 45.9 Å². The highest BCUT2D eigenvalue weighted by Gasteiger charge is 2.25. The first-order valence-corrected chi connectivity index (χ1v) is 6.56. The summed E-state index contributed by atoms with van der Waals surface area (Å²) in [6.07, 6.45) is -0.287. The molecule has 1 aromatic rings. The van der Waals surface area contributed by atoms with Crippen LogP contribution in [0, 0.1) is 6.92 Å². The molecule has 0 saturated carbocycles. The van der Waals surface area contributed by atoms with E-state index in [-0.39, 0.29) is 6.09 Å². The maximum Gasteiger partial charge on any atom is 0.410 e. The molecule has 0 aliphatic carbocycles. The lowest BCUT2D eigenvalue weighted by Crippen LogP contribution is -2.37. The van der Waals surface area contributed by atoms with Gasteiger partial charge in [0.05, 0.1) is 13.1 Å². The highest BCUT2D eigenvalue weighted by molar-refractivity contribution is 5.68. The van der Waals surface area contributed by atoms with E-state index < -0.39 is 5.60 Å². The topological polar surface area (TPSA) is 38.8 Å². The van der Waals surface area contributed by atoms with Crippen molar-refractivity contribution in [1.82, 2.24) is 4.90 Å². The van der Waals surface area contributed by atoms with Crippen molar-refractivity contribution in [1.29, 1.82) is 0 Å². The van der Waals surface area contributed by atoms with Gasteiger partial charge in [-0.05, 0) is 33.3 Å². The SMILES string of the molecule is Cc1cccc2c1OCCN(C(=O)OC(C)(C)C)C2. The van der Waals surface area contributed by atoms with Gasteiger partial charge in [0, 0.05) is 5.56 Å². The van der Waals surface area contributed by atoms with E-state index in [4.69, 9.17) is 9.47 Å². The van der Waals surface area contributed by atoms with Gasteiger partial charge in [0.1, 0.15) is 18.0 Å². The van der Waals surface area contributed by atoms with Crippen LogP contribution in [0.4, 0.5) is 4.79 Å². The van der Waals surface area contributed by atoms with Crippen LogP contribution in [0.5, 0.6) is 5.75 Å². The van der Waals surface area contributed by atoms with E-state index in [2.05, 4.69) is 0 Å². The molecular weight excluding hydrogens is 242 g/mol. The molecule has 19 heavy (non-hydrogen) atoms. The van der Waals surface area contributed by atoms with Gasteiger partial charge in [-0.1, -0.05) is 18.2 Å². The summed E-state index contributed by atoms with van der Waals surface area (Å²) in [5.74, 6) is 0.897. The van der Waals surface area contributed by atoms with Gasteiger partial charge in [-0.3, -0.25) is 0 Å². The molecule has 0 radical (unpaired) electrons. The van der Waals surface area contributed by atoms with Gasteiger partial charge in [-0.15, -0.1) is 0 Å². The van der Waals surface area contributed by atoms with Crippen LogP contribution >= 0.6 is 0 Å². The summed E-state index contributed by atoms with van der Waals surface area (Å²) in [4.78, 5) is 13.8. The van der Waals surface area contributed by atoms with Crippen LogP contribution in [0.1, 0.15) is 31.9 Å². The number of para-hydroxylation sites is 1. The lowest BCUT2D eigenvalue weighted by molar-refractivity contribution is 0.0225. The Balaban J connectivity index is 2.16. The number of amides is 1. The minimum absolute atomic E-state index is 0.287. The molecule has 0 unspecified atom stereocenters. The monoisotopic (exact) mass is 263 g/mol. The van der Waals surface area contributed by atoms with Crippen molar-refractivity contribution in [2.75, 3.05) is 13.2 Å². The Morgan fingerprint density at radius 2 is 2.11 bits per heavy atom. The summed E-state index contributed by atoms with van der Waals surface area (Å²) >= 11 is 0. The Labute approximate surface area is 114 Å². The normalized spacial score (nSPS) is 15.3. The maximum absolute atomic E-state index is 12.1. The zero-order valence-corrected chi connectivity index (χ0v) is 12.0. The third-order valence-corrected chi connectivity index (χ3v) is 2.91. The number of aryl methyl sites for hydroxylation is 1. The van der Waals surface area contributed by atoms with Gasteiger partial charge in [-0.25, -0.2) is 4.79 Å². The van der Waals surface area contributed by atoms with Crippen molar-refractivity contribution in [2.24, 2.45) is 0 Å². The molecule has 1 aromatic carbocycles. The summed E-state index contributed by atoms with van der Waals surface area (Å²) in [5, 5.41) is 0. The van der Waals surface area contributed by atoms with Gasteiger partial charge < -0.3 is 14.4 Å². The van der Waals surface area contributed by atoms with Gasteiger partial charge in [0.25, 0.3) is 0 Å². The lowest BCUT2D eigenvalue weighted by atomic mass is 10.1. The Morgan fingerprint density at radius 3 is 2.79 bits per heavy atom. The van der Waals surface area contributed by atoms with Crippen molar-refractivity contribution in [3.63, 3.8) is 0 Å². The molecule has 0 atom stereocenters. The predicted octanol–water partition coefficient (Wildman–Crippen LogP) is 3.12. The van der Waals surface area contributed by atoms with Crippen LogP contribution in [0.3, 0.4) is 0 Å². The minimum atomic E-state index is -0.473. The lowest BCUT2D eigenvalue weighted by Gasteiger charge is -2.26. The predicted molar refractivity (Wildman–Crippen MR) is 73.3 cm³/mol. The second kappa shape index (κ2) is 5.11. The van der Waals surface area contributed by atoms with Gasteiger partial charge in [0.15, 0.2) is 0 Å². The van der Waals surface area contributed by atoms with Gasteiger partial charge in [0.2, 0.25) is 0 Å². The largest absolute Gasteiger partial charge is 0.491 e. The third-order valence-electron chi connectivity index (χ3n) is 2.91. The summed E-state index contributed by atoms with van der Waals surface area (Å²) in [5.41, 5.74) is 1.66. The summed E-state index contributed by atoms with van der Waals surface area (Å²) in [6.45, 7) is 9.21. The van der Waals surface area contributed by atoms with E-state index in [9.17, 15) is 4.79 Å². The smallest absolute Gasteiger partial charge is 0.410 e. The molecule has 1 aliphatic rings. The Morgan fingerprint density at radius 1 is 1.37 bits per heavy atom. The average Bonchev–Trinajstić information content (AvgIpc) is 2.50. The second-order valence-electron chi connectivity index (χ2n) is 5.81. The summed E-state index contributed by atoms with van der Waals surface area (Å²) < 4.78 is 11.1. The second-order valence-corrected chi connectivity index (χ2v) is 5.81. The van der Waals surface area contributed by atoms with Crippen molar-refractivity contribution in [3.8, 4) is 5.75 Å². The van der Waals surface area contributed by atoms with Gasteiger partial charge in [-0.2, -0.15) is 0 Å². The molecule has 0 fully saturated rings. The number of fused-ring (bicyclic) bond motifs is 1. The first-order valence-electron chi connectivity index (χ1n) is 6.56. The molecule has 0 saturated heterocycles. The molecule has 4 heteroatoms. The van der Waals surface area contributed by atoms with Crippen LogP contribution in [0.25, 0.3) is 0 Å². The number of rotatable bonds is 0.